The fourth-order valence-electron chi connectivity index (χ4n) is 1.75. The number of nitrogens with one attached hydrogen (secondary N) is 1. The first-order chi connectivity index (χ1) is 6.72. The molecule has 14 heavy (non-hydrogen) atoms. The summed E-state index contributed by atoms with van der Waals surface area (Å²) in [5.41, 5.74) is 1.24. The molecule has 0 radical (unpaired) electrons. The molecule has 0 saturated carbocycles. The van der Waals surface area contributed by atoms with Crippen LogP contribution < -0.4 is 5.32 Å². The number of hydrogen-bond acceptors (Lipinski definition) is 3. The molecule has 0 atom stereocenters. The predicted molar refractivity (Wildman–Crippen MR) is 59.4 cm³/mol. The third kappa shape index (κ3) is 4.22. The van der Waals surface area contributed by atoms with Crippen LogP contribution in [0.5, 0.6) is 0 Å². The topological polar surface area (TPSA) is 35.5 Å². The molecule has 0 bridgehead atoms. The number of aliphatic hydroxyl groups is 1. The van der Waals surface area contributed by atoms with Gasteiger partial charge in [-0.1, -0.05) is 13.5 Å². The highest BCUT2D eigenvalue weighted by Crippen LogP contribution is 2.10. The molecular weight excluding hydrogens is 176 g/mol. The van der Waals surface area contributed by atoms with Gasteiger partial charge in [0, 0.05) is 26.2 Å². The molecule has 1 aliphatic heterocycles. The van der Waals surface area contributed by atoms with Crippen LogP contribution >= 0.6 is 0 Å². The van der Waals surface area contributed by atoms with Crippen molar-refractivity contribution in [3.05, 3.63) is 12.2 Å². The SMILES string of the molecule is C=C(CNCC)CN1CCC(O)CC1. The Morgan fingerprint density at radius 1 is 1.50 bits per heavy atom. The number of piperidine rings is 1. The Kier molecular flexibility index (Phi) is 5.15. The van der Waals surface area contributed by atoms with Crippen molar-refractivity contribution in [2.75, 3.05) is 32.7 Å². The van der Waals surface area contributed by atoms with E-state index in [1.807, 2.05) is 0 Å². The first kappa shape index (κ1) is 11.7. The summed E-state index contributed by atoms with van der Waals surface area (Å²) in [6.07, 6.45) is 1.75. The lowest BCUT2D eigenvalue weighted by Gasteiger charge is -2.30. The molecule has 1 rings (SSSR count). The van der Waals surface area contributed by atoms with E-state index in [9.17, 15) is 5.11 Å². The Labute approximate surface area is 86.8 Å². The first-order valence-corrected chi connectivity index (χ1v) is 5.50. The second-order valence-electron chi connectivity index (χ2n) is 4.04. The van der Waals surface area contributed by atoms with Crippen molar-refractivity contribution in [2.45, 2.75) is 25.9 Å². The van der Waals surface area contributed by atoms with Gasteiger partial charge in [-0.2, -0.15) is 0 Å². The quantitative estimate of drug-likeness (QED) is 0.635. The molecule has 0 aromatic rings. The third-order valence-corrected chi connectivity index (χ3v) is 2.63. The molecule has 0 amide bonds. The maximum atomic E-state index is 9.34. The molecule has 3 nitrogen and oxygen atoms in total. The van der Waals surface area contributed by atoms with E-state index in [0.29, 0.717) is 0 Å². The minimum atomic E-state index is -0.0757. The molecule has 0 aromatic heterocycles. The van der Waals surface area contributed by atoms with Gasteiger partial charge >= 0.3 is 0 Å². The Balaban J connectivity index is 2.14. The smallest absolute Gasteiger partial charge is 0.0564 e. The van der Waals surface area contributed by atoms with E-state index >= 15 is 0 Å². The van der Waals surface area contributed by atoms with Gasteiger partial charge < -0.3 is 10.4 Å². The summed E-state index contributed by atoms with van der Waals surface area (Å²) in [5.74, 6) is 0. The molecule has 1 aliphatic rings. The minimum Gasteiger partial charge on any atom is -0.393 e. The first-order valence-electron chi connectivity index (χ1n) is 5.50. The van der Waals surface area contributed by atoms with Crippen molar-refractivity contribution >= 4 is 0 Å². The standard InChI is InChI=1S/C11H22N2O/c1-3-12-8-10(2)9-13-6-4-11(14)5-7-13/h11-12,14H,2-9H2,1H3. The summed E-state index contributed by atoms with van der Waals surface area (Å²) in [4.78, 5) is 2.37. The molecule has 0 aromatic carbocycles. The Bertz CT molecular complexity index is 174. The van der Waals surface area contributed by atoms with Crippen molar-refractivity contribution in [3.8, 4) is 0 Å². The molecule has 1 heterocycles. The molecule has 3 heteroatoms. The molecular formula is C11H22N2O. The predicted octanol–water partition coefficient (Wildman–Crippen LogP) is 0.609. The highest BCUT2D eigenvalue weighted by atomic mass is 16.3. The van der Waals surface area contributed by atoms with Gasteiger partial charge in [-0.15, -0.1) is 0 Å². The van der Waals surface area contributed by atoms with E-state index in [4.69, 9.17) is 0 Å². The number of nitrogens with zero attached hydrogens (tertiary/aromatic N) is 1. The summed E-state index contributed by atoms with van der Waals surface area (Å²) in [5, 5.41) is 12.6. The molecule has 82 valence electrons. The lowest BCUT2D eigenvalue weighted by Crippen LogP contribution is -2.38. The van der Waals surface area contributed by atoms with E-state index in [0.717, 1.165) is 45.6 Å². The maximum absolute atomic E-state index is 9.34. The fourth-order valence-corrected chi connectivity index (χ4v) is 1.75. The Hall–Kier alpha value is -0.380. The van der Waals surface area contributed by atoms with Crippen LogP contribution in [0.4, 0.5) is 0 Å². The largest absolute Gasteiger partial charge is 0.393 e. The van der Waals surface area contributed by atoms with Gasteiger partial charge in [-0.05, 0) is 25.0 Å². The van der Waals surface area contributed by atoms with Gasteiger partial charge in [0.05, 0.1) is 6.10 Å². The van der Waals surface area contributed by atoms with Gasteiger partial charge in [0.2, 0.25) is 0 Å². The van der Waals surface area contributed by atoms with Crippen molar-refractivity contribution in [1.82, 2.24) is 10.2 Å². The monoisotopic (exact) mass is 198 g/mol. The molecule has 0 spiro atoms. The average molecular weight is 198 g/mol. The highest BCUT2D eigenvalue weighted by Gasteiger charge is 2.16. The summed E-state index contributed by atoms with van der Waals surface area (Å²) in [7, 11) is 0. The number of hydrogen-bond donors (Lipinski definition) is 2. The van der Waals surface area contributed by atoms with Gasteiger partial charge in [0.15, 0.2) is 0 Å². The van der Waals surface area contributed by atoms with Crippen LogP contribution in [0.1, 0.15) is 19.8 Å². The number of rotatable bonds is 5. The summed E-state index contributed by atoms with van der Waals surface area (Å²) < 4.78 is 0. The van der Waals surface area contributed by atoms with Gasteiger partial charge in [-0.25, -0.2) is 0 Å². The van der Waals surface area contributed by atoms with Crippen molar-refractivity contribution in [2.24, 2.45) is 0 Å². The van der Waals surface area contributed by atoms with Crippen molar-refractivity contribution in [3.63, 3.8) is 0 Å². The fraction of sp³-hybridized carbons (Fsp3) is 0.818. The maximum Gasteiger partial charge on any atom is 0.0564 e. The van der Waals surface area contributed by atoms with Crippen LogP contribution in [-0.2, 0) is 0 Å². The summed E-state index contributed by atoms with van der Waals surface area (Å²) >= 11 is 0. The minimum absolute atomic E-state index is 0.0757. The zero-order chi connectivity index (χ0) is 10.4. The normalized spacial score (nSPS) is 19.9. The average Bonchev–Trinajstić information content (AvgIpc) is 2.18. The number of aliphatic hydroxyl groups excluding tert-OH is 1. The summed E-state index contributed by atoms with van der Waals surface area (Å²) in [6, 6.07) is 0. The van der Waals surface area contributed by atoms with E-state index < -0.39 is 0 Å². The second kappa shape index (κ2) is 6.17. The summed E-state index contributed by atoms with van der Waals surface area (Å²) in [6.45, 7) is 11.0. The zero-order valence-corrected chi connectivity index (χ0v) is 9.13. The van der Waals surface area contributed by atoms with Crippen LogP contribution in [0.3, 0.4) is 0 Å². The van der Waals surface area contributed by atoms with Gasteiger partial charge in [0.25, 0.3) is 0 Å². The molecule has 1 fully saturated rings. The van der Waals surface area contributed by atoms with Crippen LogP contribution in [0.25, 0.3) is 0 Å². The molecule has 2 N–H and O–H groups in total. The van der Waals surface area contributed by atoms with Crippen LogP contribution in [0, 0.1) is 0 Å². The Morgan fingerprint density at radius 3 is 2.71 bits per heavy atom. The number of likely N-dealkylation sites (tertiary alicyclic amines) is 1. The van der Waals surface area contributed by atoms with Crippen LogP contribution in [0.15, 0.2) is 12.2 Å². The van der Waals surface area contributed by atoms with E-state index in [-0.39, 0.29) is 6.10 Å². The second-order valence-corrected chi connectivity index (χ2v) is 4.04. The highest BCUT2D eigenvalue weighted by molar-refractivity contribution is 5.00. The van der Waals surface area contributed by atoms with E-state index in [2.05, 4.69) is 23.7 Å². The van der Waals surface area contributed by atoms with E-state index in [1.165, 1.54) is 5.57 Å². The van der Waals surface area contributed by atoms with Gasteiger partial charge in [-0.3, -0.25) is 4.90 Å². The zero-order valence-electron chi connectivity index (χ0n) is 9.13. The number of likely N-dealkylation sites (N-methyl/N-ethyl adjacent to an activating group) is 1. The lowest BCUT2D eigenvalue weighted by molar-refractivity contribution is 0.0867. The molecule has 0 unspecified atom stereocenters. The third-order valence-electron chi connectivity index (χ3n) is 2.63. The van der Waals surface area contributed by atoms with E-state index in [1.54, 1.807) is 0 Å². The van der Waals surface area contributed by atoms with Crippen molar-refractivity contribution < 1.29 is 5.11 Å². The van der Waals surface area contributed by atoms with Crippen LogP contribution in [-0.4, -0.2) is 48.8 Å². The lowest BCUT2D eigenvalue weighted by atomic mass is 10.1. The van der Waals surface area contributed by atoms with Crippen molar-refractivity contribution in [1.29, 1.82) is 0 Å². The van der Waals surface area contributed by atoms with Gasteiger partial charge in [0.1, 0.15) is 0 Å². The Morgan fingerprint density at radius 2 is 2.14 bits per heavy atom. The van der Waals surface area contributed by atoms with Crippen LogP contribution in [0.2, 0.25) is 0 Å². The molecule has 1 saturated heterocycles. The molecule has 0 aliphatic carbocycles.